The van der Waals surface area contributed by atoms with Crippen molar-refractivity contribution in [3.63, 3.8) is 0 Å². The minimum atomic E-state index is -1.17. The van der Waals surface area contributed by atoms with Gasteiger partial charge >= 0.3 is 5.97 Å². The maximum atomic E-state index is 13.8. The van der Waals surface area contributed by atoms with Crippen LogP contribution in [0.25, 0.3) is 0 Å². The van der Waals surface area contributed by atoms with Crippen LogP contribution in [0.15, 0.2) is 36.4 Å². The Hall–Kier alpha value is -2.76. The Morgan fingerprint density at radius 2 is 1.95 bits per heavy atom. The molecule has 1 aliphatic heterocycles. The molecule has 3 rings (SSSR count). The topological polar surface area (TPSA) is 67.8 Å². The SMILES string of the molecule is O=C(O)c1ccc(Nc2ccc3c(c2)OCO3)c(F)c1. The van der Waals surface area contributed by atoms with E-state index >= 15 is 0 Å². The lowest BCUT2D eigenvalue weighted by Gasteiger charge is -2.08. The van der Waals surface area contributed by atoms with Crippen molar-refractivity contribution < 1.29 is 23.8 Å². The van der Waals surface area contributed by atoms with Crippen LogP contribution < -0.4 is 14.8 Å². The molecule has 0 spiro atoms. The van der Waals surface area contributed by atoms with Gasteiger partial charge in [0.15, 0.2) is 11.5 Å². The number of hydrogen-bond acceptors (Lipinski definition) is 4. The number of benzene rings is 2. The number of rotatable bonds is 3. The molecule has 1 aliphatic rings. The van der Waals surface area contributed by atoms with Gasteiger partial charge in [-0.25, -0.2) is 9.18 Å². The van der Waals surface area contributed by atoms with Crippen molar-refractivity contribution in [2.45, 2.75) is 0 Å². The van der Waals surface area contributed by atoms with Crippen LogP contribution >= 0.6 is 0 Å². The van der Waals surface area contributed by atoms with Crippen LogP contribution in [-0.2, 0) is 0 Å². The summed E-state index contributed by atoms with van der Waals surface area (Å²) in [5, 5.41) is 11.6. The van der Waals surface area contributed by atoms with Gasteiger partial charge in [0, 0.05) is 11.8 Å². The summed E-state index contributed by atoms with van der Waals surface area (Å²) >= 11 is 0. The third kappa shape index (κ3) is 2.23. The molecule has 0 amide bonds. The third-order valence-electron chi connectivity index (χ3n) is 2.87. The first-order valence-corrected chi connectivity index (χ1v) is 5.83. The van der Waals surface area contributed by atoms with E-state index in [4.69, 9.17) is 14.6 Å². The fourth-order valence-electron chi connectivity index (χ4n) is 1.88. The molecule has 0 saturated carbocycles. The molecule has 5 nitrogen and oxygen atoms in total. The van der Waals surface area contributed by atoms with E-state index in [0.29, 0.717) is 17.2 Å². The average Bonchev–Trinajstić information content (AvgIpc) is 2.88. The molecule has 1 heterocycles. The summed E-state index contributed by atoms with van der Waals surface area (Å²) in [6.45, 7) is 0.167. The van der Waals surface area contributed by atoms with E-state index in [-0.39, 0.29) is 18.0 Å². The second-order valence-corrected chi connectivity index (χ2v) is 4.19. The Kier molecular flexibility index (Phi) is 2.90. The van der Waals surface area contributed by atoms with E-state index in [9.17, 15) is 9.18 Å². The number of fused-ring (bicyclic) bond motifs is 1. The van der Waals surface area contributed by atoms with Gasteiger partial charge in [0.05, 0.1) is 11.3 Å². The molecular weight excluding hydrogens is 265 g/mol. The molecule has 2 aromatic carbocycles. The molecule has 6 heteroatoms. The van der Waals surface area contributed by atoms with Gasteiger partial charge in [0.1, 0.15) is 5.82 Å². The van der Waals surface area contributed by atoms with Crippen LogP contribution in [0.2, 0.25) is 0 Å². The molecule has 0 aliphatic carbocycles. The van der Waals surface area contributed by atoms with E-state index < -0.39 is 11.8 Å². The van der Waals surface area contributed by atoms with E-state index in [0.717, 1.165) is 6.07 Å². The first-order chi connectivity index (χ1) is 9.63. The number of aromatic carboxylic acids is 1. The fourth-order valence-corrected chi connectivity index (χ4v) is 1.88. The molecular formula is C14H10FNO4. The minimum Gasteiger partial charge on any atom is -0.478 e. The molecule has 0 radical (unpaired) electrons. The number of nitrogens with one attached hydrogen (secondary N) is 1. The van der Waals surface area contributed by atoms with Crippen LogP contribution in [0.1, 0.15) is 10.4 Å². The van der Waals surface area contributed by atoms with Crippen LogP contribution in [0.5, 0.6) is 11.5 Å². The van der Waals surface area contributed by atoms with Crippen molar-refractivity contribution in [1.29, 1.82) is 0 Å². The van der Waals surface area contributed by atoms with Crippen LogP contribution in [-0.4, -0.2) is 17.9 Å². The zero-order chi connectivity index (χ0) is 14.1. The normalized spacial score (nSPS) is 12.2. The highest BCUT2D eigenvalue weighted by molar-refractivity contribution is 5.88. The summed E-state index contributed by atoms with van der Waals surface area (Å²) in [6, 6.07) is 8.81. The van der Waals surface area contributed by atoms with Crippen molar-refractivity contribution in [2.24, 2.45) is 0 Å². The number of hydrogen-bond donors (Lipinski definition) is 2. The molecule has 20 heavy (non-hydrogen) atoms. The van der Waals surface area contributed by atoms with E-state index in [1.807, 2.05) is 0 Å². The van der Waals surface area contributed by atoms with Gasteiger partial charge in [-0.1, -0.05) is 0 Å². The van der Waals surface area contributed by atoms with Crippen LogP contribution in [0.4, 0.5) is 15.8 Å². The summed E-state index contributed by atoms with van der Waals surface area (Å²) in [4.78, 5) is 10.7. The van der Waals surface area contributed by atoms with Crippen LogP contribution in [0, 0.1) is 5.82 Å². The molecule has 0 fully saturated rings. The largest absolute Gasteiger partial charge is 0.478 e. The van der Waals surface area contributed by atoms with Gasteiger partial charge in [0.25, 0.3) is 0 Å². The lowest BCUT2D eigenvalue weighted by molar-refractivity contribution is 0.0696. The number of carbonyl (C=O) groups is 1. The Morgan fingerprint density at radius 1 is 1.15 bits per heavy atom. The molecule has 102 valence electrons. The monoisotopic (exact) mass is 275 g/mol. The van der Waals surface area contributed by atoms with Gasteiger partial charge in [0.2, 0.25) is 6.79 Å². The minimum absolute atomic E-state index is 0.0984. The van der Waals surface area contributed by atoms with Crippen molar-refractivity contribution in [3.05, 3.63) is 47.8 Å². The second-order valence-electron chi connectivity index (χ2n) is 4.19. The van der Waals surface area contributed by atoms with E-state index in [1.165, 1.54) is 12.1 Å². The lowest BCUT2D eigenvalue weighted by Crippen LogP contribution is -1.99. The predicted octanol–water partition coefficient (Wildman–Crippen LogP) is 3.00. The van der Waals surface area contributed by atoms with Crippen molar-refractivity contribution in [3.8, 4) is 11.5 Å². The quantitative estimate of drug-likeness (QED) is 0.901. The van der Waals surface area contributed by atoms with Gasteiger partial charge in [-0.2, -0.15) is 0 Å². The summed E-state index contributed by atoms with van der Waals surface area (Å²) in [5.74, 6) is -0.587. The molecule has 0 atom stereocenters. The van der Waals surface area contributed by atoms with Crippen molar-refractivity contribution >= 4 is 17.3 Å². The maximum Gasteiger partial charge on any atom is 0.335 e. The summed E-state index contributed by atoms with van der Waals surface area (Å²) in [6.07, 6.45) is 0. The Balaban J connectivity index is 1.86. The van der Waals surface area contributed by atoms with Gasteiger partial charge in [-0.15, -0.1) is 0 Å². The Labute approximate surface area is 113 Å². The first-order valence-electron chi connectivity index (χ1n) is 5.83. The van der Waals surface area contributed by atoms with E-state index in [1.54, 1.807) is 18.2 Å². The third-order valence-corrected chi connectivity index (χ3v) is 2.87. The zero-order valence-corrected chi connectivity index (χ0v) is 10.2. The predicted molar refractivity (Wildman–Crippen MR) is 69.2 cm³/mol. The highest BCUT2D eigenvalue weighted by Crippen LogP contribution is 2.35. The molecule has 2 aromatic rings. The average molecular weight is 275 g/mol. The van der Waals surface area contributed by atoms with Crippen molar-refractivity contribution in [2.75, 3.05) is 12.1 Å². The summed E-state index contributed by atoms with van der Waals surface area (Å²) < 4.78 is 24.2. The Morgan fingerprint density at radius 3 is 2.70 bits per heavy atom. The molecule has 0 bridgehead atoms. The van der Waals surface area contributed by atoms with Gasteiger partial charge in [-0.3, -0.25) is 0 Å². The maximum absolute atomic E-state index is 13.8. The standard InChI is InChI=1S/C14H10FNO4/c15-10-5-8(14(17)18)1-3-11(10)16-9-2-4-12-13(6-9)20-7-19-12/h1-6,16H,7H2,(H,17,18). The molecule has 0 unspecified atom stereocenters. The number of ether oxygens (including phenoxy) is 2. The summed E-state index contributed by atoms with van der Waals surface area (Å²) in [5.41, 5.74) is 0.712. The molecule has 0 aromatic heterocycles. The van der Waals surface area contributed by atoms with Gasteiger partial charge in [-0.05, 0) is 30.3 Å². The highest BCUT2D eigenvalue weighted by atomic mass is 19.1. The van der Waals surface area contributed by atoms with Crippen molar-refractivity contribution in [1.82, 2.24) is 0 Å². The first kappa shape index (κ1) is 12.3. The summed E-state index contributed by atoms with van der Waals surface area (Å²) in [7, 11) is 0. The fraction of sp³-hybridized carbons (Fsp3) is 0.0714. The lowest BCUT2D eigenvalue weighted by atomic mass is 10.2. The number of anilines is 2. The van der Waals surface area contributed by atoms with Gasteiger partial charge < -0.3 is 19.9 Å². The smallest absolute Gasteiger partial charge is 0.335 e. The molecule has 2 N–H and O–H groups in total. The number of carboxylic acids is 1. The second kappa shape index (κ2) is 4.73. The highest BCUT2D eigenvalue weighted by Gasteiger charge is 2.14. The van der Waals surface area contributed by atoms with E-state index in [2.05, 4.69) is 5.32 Å². The van der Waals surface area contributed by atoms with Crippen LogP contribution in [0.3, 0.4) is 0 Å². The zero-order valence-electron chi connectivity index (χ0n) is 10.2. The Bertz CT molecular complexity index is 687. The molecule has 0 saturated heterocycles. The number of halogens is 1. The number of carboxylic acid groups (broad SMARTS) is 1.